The number of rotatable bonds is 4. The molecule has 0 bridgehead atoms. The summed E-state index contributed by atoms with van der Waals surface area (Å²) in [5.41, 5.74) is 10.3. The number of nitrogens with two attached hydrogens (primary N) is 1. The third-order valence-corrected chi connectivity index (χ3v) is 5.66. The minimum Gasteiger partial charge on any atom is -0.399 e. The van der Waals surface area contributed by atoms with Crippen LogP contribution in [-0.2, 0) is 16.6 Å². The Labute approximate surface area is 122 Å². The van der Waals surface area contributed by atoms with Crippen molar-refractivity contribution in [1.29, 1.82) is 0 Å². The fourth-order valence-electron chi connectivity index (χ4n) is 1.87. The molecule has 108 valence electrons. The van der Waals surface area contributed by atoms with E-state index in [-0.39, 0.29) is 11.4 Å². The number of anilines is 1. The van der Waals surface area contributed by atoms with Crippen LogP contribution in [0.15, 0.2) is 22.5 Å². The highest BCUT2D eigenvalue weighted by Crippen LogP contribution is 2.22. The lowest BCUT2D eigenvalue weighted by Crippen LogP contribution is -2.24. The molecule has 0 saturated heterocycles. The Morgan fingerprint density at radius 3 is 2.60 bits per heavy atom. The van der Waals surface area contributed by atoms with Gasteiger partial charge in [-0.15, -0.1) is 11.3 Å². The first kappa shape index (κ1) is 15.0. The summed E-state index contributed by atoms with van der Waals surface area (Å²) >= 11 is 1.43. The molecule has 0 fully saturated rings. The van der Waals surface area contributed by atoms with Crippen molar-refractivity contribution in [3.05, 3.63) is 39.3 Å². The molecule has 1 aromatic heterocycles. The van der Waals surface area contributed by atoms with E-state index in [9.17, 15) is 8.42 Å². The Bertz CT molecular complexity index is 736. The zero-order chi connectivity index (χ0) is 14.9. The van der Waals surface area contributed by atoms with E-state index in [1.54, 1.807) is 18.5 Å². The van der Waals surface area contributed by atoms with Crippen molar-refractivity contribution in [1.82, 2.24) is 9.71 Å². The lowest BCUT2D eigenvalue weighted by Gasteiger charge is -2.12. The lowest BCUT2D eigenvalue weighted by atomic mass is 10.1. The second kappa shape index (κ2) is 5.51. The van der Waals surface area contributed by atoms with Gasteiger partial charge in [-0.3, -0.25) is 0 Å². The van der Waals surface area contributed by atoms with Crippen LogP contribution in [0.1, 0.15) is 21.7 Å². The van der Waals surface area contributed by atoms with Gasteiger partial charge in [-0.2, -0.15) is 0 Å². The number of thiazole rings is 1. The van der Waals surface area contributed by atoms with Gasteiger partial charge in [0.2, 0.25) is 10.0 Å². The van der Waals surface area contributed by atoms with Gasteiger partial charge in [0.05, 0.1) is 16.1 Å². The van der Waals surface area contributed by atoms with E-state index in [4.69, 9.17) is 5.73 Å². The standard InChI is InChI=1S/C13H17N3O2S2/c1-8-4-11(14)5-13(9(8)2)20(17,18)16-6-12-10(3)15-7-19-12/h4-5,7,16H,6,14H2,1-3H3. The maximum atomic E-state index is 12.4. The SMILES string of the molecule is Cc1cc(N)cc(S(=O)(=O)NCc2scnc2C)c1C. The number of aromatic nitrogens is 1. The fraction of sp³-hybridized carbons (Fsp3) is 0.308. The van der Waals surface area contributed by atoms with E-state index < -0.39 is 10.0 Å². The number of hydrogen-bond acceptors (Lipinski definition) is 5. The molecular weight excluding hydrogens is 294 g/mol. The van der Waals surface area contributed by atoms with Crippen LogP contribution < -0.4 is 10.5 Å². The van der Waals surface area contributed by atoms with Gasteiger partial charge < -0.3 is 5.73 Å². The molecule has 0 unspecified atom stereocenters. The van der Waals surface area contributed by atoms with Gasteiger partial charge in [-0.1, -0.05) is 0 Å². The zero-order valence-electron chi connectivity index (χ0n) is 11.6. The van der Waals surface area contributed by atoms with Crippen molar-refractivity contribution in [3.63, 3.8) is 0 Å². The average Bonchev–Trinajstić information content (AvgIpc) is 2.77. The van der Waals surface area contributed by atoms with E-state index in [1.165, 1.54) is 17.4 Å². The van der Waals surface area contributed by atoms with Crippen molar-refractivity contribution < 1.29 is 8.42 Å². The van der Waals surface area contributed by atoms with Gasteiger partial charge in [-0.05, 0) is 44.0 Å². The quantitative estimate of drug-likeness (QED) is 0.847. The van der Waals surface area contributed by atoms with Gasteiger partial charge in [-0.25, -0.2) is 18.1 Å². The first-order chi connectivity index (χ1) is 9.31. The summed E-state index contributed by atoms with van der Waals surface area (Å²) in [6.07, 6.45) is 0. The van der Waals surface area contributed by atoms with Gasteiger partial charge in [0.1, 0.15) is 0 Å². The molecule has 3 N–H and O–H groups in total. The number of nitrogen functional groups attached to an aromatic ring is 1. The van der Waals surface area contributed by atoms with Crippen molar-refractivity contribution in [3.8, 4) is 0 Å². The summed E-state index contributed by atoms with van der Waals surface area (Å²) in [5.74, 6) is 0. The topological polar surface area (TPSA) is 85.1 Å². The highest BCUT2D eigenvalue weighted by molar-refractivity contribution is 7.89. The van der Waals surface area contributed by atoms with Crippen LogP contribution in [0.5, 0.6) is 0 Å². The molecule has 20 heavy (non-hydrogen) atoms. The maximum absolute atomic E-state index is 12.4. The van der Waals surface area contributed by atoms with Crippen molar-refractivity contribution in [2.45, 2.75) is 32.2 Å². The normalized spacial score (nSPS) is 11.8. The molecule has 1 aromatic carbocycles. The fourth-order valence-corrected chi connectivity index (χ4v) is 4.02. The van der Waals surface area contributed by atoms with Gasteiger partial charge in [0, 0.05) is 17.1 Å². The van der Waals surface area contributed by atoms with Crippen LogP contribution in [0.25, 0.3) is 0 Å². The first-order valence-corrected chi connectivity index (χ1v) is 8.43. The third-order valence-electron chi connectivity index (χ3n) is 3.20. The van der Waals surface area contributed by atoms with Gasteiger partial charge >= 0.3 is 0 Å². The summed E-state index contributed by atoms with van der Waals surface area (Å²) in [7, 11) is -3.58. The smallest absolute Gasteiger partial charge is 0.241 e. The summed E-state index contributed by atoms with van der Waals surface area (Å²) < 4.78 is 27.4. The predicted molar refractivity (Wildman–Crippen MR) is 81.2 cm³/mol. The molecular formula is C13H17N3O2S2. The molecule has 0 aliphatic heterocycles. The molecule has 0 saturated carbocycles. The highest BCUT2D eigenvalue weighted by Gasteiger charge is 2.19. The largest absolute Gasteiger partial charge is 0.399 e. The Hall–Kier alpha value is -1.44. The van der Waals surface area contributed by atoms with Crippen LogP contribution in [0.3, 0.4) is 0 Å². The summed E-state index contributed by atoms with van der Waals surface area (Å²) in [4.78, 5) is 5.24. The third kappa shape index (κ3) is 3.00. The molecule has 0 atom stereocenters. The minimum absolute atomic E-state index is 0.233. The molecule has 0 aliphatic carbocycles. The number of nitrogens with zero attached hydrogens (tertiary/aromatic N) is 1. The molecule has 2 rings (SSSR count). The Kier molecular flexibility index (Phi) is 4.12. The Balaban J connectivity index is 2.29. The number of sulfonamides is 1. The van der Waals surface area contributed by atoms with E-state index in [2.05, 4.69) is 9.71 Å². The average molecular weight is 311 g/mol. The van der Waals surface area contributed by atoms with Crippen LogP contribution in [0.4, 0.5) is 5.69 Å². The second-order valence-electron chi connectivity index (χ2n) is 4.65. The predicted octanol–water partition coefficient (Wildman–Crippen LogP) is 2.13. The van der Waals surface area contributed by atoms with Crippen molar-refractivity contribution in [2.75, 3.05) is 5.73 Å². The number of nitrogens with one attached hydrogen (secondary N) is 1. The summed E-state index contributed by atoms with van der Waals surface area (Å²) in [6, 6.07) is 3.26. The lowest BCUT2D eigenvalue weighted by molar-refractivity contribution is 0.581. The Morgan fingerprint density at radius 1 is 1.30 bits per heavy atom. The maximum Gasteiger partial charge on any atom is 0.241 e. The van der Waals surface area contributed by atoms with E-state index in [0.717, 1.165) is 16.1 Å². The van der Waals surface area contributed by atoms with Crippen LogP contribution in [-0.4, -0.2) is 13.4 Å². The van der Waals surface area contributed by atoms with Crippen LogP contribution in [0, 0.1) is 20.8 Å². The molecule has 1 heterocycles. The molecule has 0 spiro atoms. The molecule has 2 aromatic rings. The van der Waals surface area contributed by atoms with Crippen molar-refractivity contribution in [2.24, 2.45) is 0 Å². The number of aryl methyl sites for hydroxylation is 2. The monoisotopic (exact) mass is 311 g/mol. The second-order valence-corrected chi connectivity index (χ2v) is 7.32. The van der Waals surface area contributed by atoms with Crippen LogP contribution >= 0.6 is 11.3 Å². The van der Waals surface area contributed by atoms with E-state index in [0.29, 0.717) is 11.3 Å². The highest BCUT2D eigenvalue weighted by atomic mass is 32.2. The molecule has 0 radical (unpaired) electrons. The molecule has 0 aliphatic rings. The molecule has 7 heteroatoms. The Morgan fingerprint density at radius 2 is 2.00 bits per heavy atom. The van der Waals surface area contributed by atoms with Gasteiger partial charge in [0.25, 0.3) is 0 Å². The summed E-state index contributed by atoms with van der Waals surface area (Å²) in [6.45, 7) is 5.72. The van der Waals surface area contributed by atoms with Gasteiger partial charge in [0.15, 0.2) is 0 Å². The minimum atomic E-state index is -3.58. The van der Waals surface area contributed by atoms with E-state index >= 15 is 0 Å². The van der Waals surface area contributed by atoms with Crippen LogP contribution in [0.2, 0.25) is 0 Å². The zero-order valence-corrected chi connectivity index (χ0v) is 13.2. The number of benzene rings is 1. The summed E-state index contributed by atoms with van der Waals surface area (Å²) in [5, 5.41) is 0. The molecule has 0 amide bonds. The van der Waals surface area contributed by atoms with E-state index in [1.807, 2.05) is 13.8 Å². The number of hydrogen-bond donors (Lipinski definition) is 2. The van der Waals surface area contributed by atoms with Crippen molar-refractivity contribution >= 4 is 27.0 Å². The first-order valence-electron chi connectivity index (χ1n) is 6.06. The molecule has 5 nitrogen and oxygen atoms in total.